The summed E-state index contributed by atoms with van der Waals surface area (Å²) in [4.78, 5) is 27.8. The molecule has 0 fully saturated rings. The molecule has 0 radical (unpaired) electrons. The van der Waals surface area contributed by atoms with Gasteiger partial charge in [-0.15, -0.1) is 0 Å². The Morgan fingerprint density at radius 3 is 2.19 bits per heavy atom. The van der Waals surface area contributed by atoms with Crippen molar-refractivity contribution in [1.29, 1.82) is 0 Å². The molecule has 2 amide bonds. The normalized spacial score (nSPS) is 12.0. The van der Waals surface area contributed by atoms with Crippen molar-refractivity contribution in [1.82, 2.24) is 10.2 Å². The third-order valence-corrected chi connectivity index (χ3v) is 7.74. The first-order valence-electron chi connectivity index (χ1n) is 12.1. The minimum absolute atomic E-state index is 0.0316. The summed E-state index contributed by atoms with van der Waals surface area (Å²) in [7, 11) is -4.13. The van der Waals surface area contributed by atoms with Crippen molar-refractivity contribution in [2.45, 2.75) is 44.7 Å². The van der Waals surface area contributed by atoms with Gasteiger partial charge in [0, 0.05) is 18.7 Å². The molecule has 3 rings (SSSR count). The Labute approximate surface area is 218 Å². The lowest BCUT2D eigenvalue weighted by molar-refractivity contribution is -0.139. The van der Waals surface area contributed by atoms with Gasteiger partial charge in [-0.1, -0.05) is 61.0 Å². The van der Waals surface area contributed by atoms with E-state index in [2.05, 4.69) is 5.32 Å². The molecule has 37 heavy (non-hydrogen) atoms. The van der Waals surface area contributed by atoms with Crippen LogP contribution in [0.4, 0.5) is 10.1 Å². The number of nitrogens with zero attached hydrogens (tertiary/aromatic N) is 2. The fraction of sp³-hybridized carbons (Fsp3) is 0.286. The monoisotopic (exact) mass is 525 g/mol. The van der Waals surface area contributed by atoms with Crippen LogP contribution in [0, 0.1) is 12.7 Å². The molecule has 0 aliphatic heterocycles. The van der Waals surface area contributed by atoms with Crippen molar-refractivity contribution >= 4 is 27.5 Å². The van der Waals surface area contributed by atoms with Crippen LogP contribution in [0.25, 0.3) is 0 Å². The average molecular weight is 526 g/mol. The molecule has 0 saturated carbocycles. The number of rotatable bonds is 11. The third-order valence-electron chi connectivity index (χ3n) is 5.95. The van der Waals surface area contributed by atoms with E-state index < -0.39 is 40.2 Å². The van der Waals surface area contributed by atoms with Crippen LogP contribution in [0.2, 0.25) is 0 Å². The van der Waals surface area contributed by atoms with Crippen LogP contribution in [0.5, 0.6) is 0 Å². The molecule has 7 nitrogen and oxygen atoms in total. The molecule has 0 aliphatic rings. The number of amides is 2. The number of halogens is 1. The number of aryl methyl sites for hydroxylation is 1. The second-order valence-corrected chi connectivity index (χ2v) is 10.6. The lowest BCUT2D eigenvalue weighted by Gasteiger charge is -2.32. The molecule has 0 spiro atoms. The third kappa shape index (κ3) is 6.95. The highest BCUT2D eigenvalue weighted by molar-refractivity contribution is 7.92. The van der Waals surface area contributed by atoms with Gasteiger partial charge in [0.2, 0.25) is 11.8 Å². The highest BCUT2D eigenvalue weighted by atomic mass is 32.2. The Morgan fingerprint density at radius 2 is 1.57 bits per heavy atom. The van der Waals surface area contributed by atoms with E-state index in [1.807, 2.05) is 13.8 Å². The Morgan fingerprint density at radius 1 is 0.946 bits per heavy atom. The predicted molar refractivity (Wildman–Crippen MR) is 142 cm³/mol. The number of hydrogen-bond acceptors (Lipinski definition) is 4. The smallest absolute Gasteiger partial charge is 0.264 e. The van der Waals surface area contributed by atoms with E-state index in [9.17, 15) is 22.4 Å². The molecule has 0 aromatic heterocycles. The minimum Gasteiger partial charge on any atom is -0.354 e. The van der Waals surface area contributed by atoms with E-state index >= 15 is 0 Å². The number of nitrogens with one attached hydrogen (secondary N) is 1. The molecule has 9 heteroatoms. The lowest BCUT2D eigenvalue weighted by Crippen LogP contribution is -2.51. The quantitative estimate of drug-likeness (QED) is 0.405. The number of sulfonamides is 1. The molecule has 3 aromatic carbocycles. The van der Waals surface area contributed by atoms with Gasteiger partial charge in [0.05, 0.1) is 10.6 Å². The SMILES string of the molecule is CCCNC(=O)C(C)N(Cc1ccccc1F)C(=O)CN(c1ccccc1)S(=O)(=O)c1ccc(C)cc1. The molecule has 1 N–H and O–H groups in total. The van der Waals surface area contributed by atoms with Crippen molar-refractivity contribution in [2.75, 3.05) is 17.4 Å². The van der Waals surface area contributed by atoms with Crippen LogP contribution in [-0.4, -0.2) is 44.3 Å². The van der Waals surface area contributed by atoms with Gasteiger partial charge >= 0.3 is 0 Å². The number of carbonyl (C=O) groups excluding carboxylic acids is 2. The molecule has 3 aromatic rings. The molecule has 0 heterocycles. The van der Waals surface area contributed by atoms with Gasteiger partial charge in [-0.05, 0) is 50.6 Å². The maximum atomic E-state index is 14.5. The first kappa shape index (κ1) is 27.9. The number of benzene rings is 3. The Bertz CT molecular complexity index is 1310. The second kappa shape index (κ2) is 12.5. The number of para-hydroxylation sites is 1. The first-order chi connectivity index (χ1) is 17.6. The largest absolute Gasteiger partial charge is 0.354 e. The summed E-state index contributed by atoms with van der Waals surface area (Å²) in [5.74, 6) is -1.56. The highest BCUT2D eigenvalue weighted by Crippen LogP contribution is 2.25. The molecule has 0 bridgehead atoms. The second-order valence-electron chi connectivity index (χ2n) is 8.74. The maximum absolute atomic E-state index is 14.5. The standard InChI is InChI=1S/C28H32FN3O4S/c1-4-18-30-28(34)22(3)31(19-23-10-8-9-13-26(23)29)27(33)20-32(24-11-6-5-7-12-24)37(35,36)25-16-14-21(2)15-17-25/h5-17,22H,4,18-20H2,1-3H3,(H,30,34). The summed E-state index contributed by atoms with van der Waals surface area (Å²) in [5, 5.41) is 2.76. The topological polar surface area (TPSA) is 86.8 Å². The number of carbonyl (C=O) groups is 2. The lowest BCUT2D eigenvalue weighted by atomic mass is 10.1. The fourth-order valence-corrected chi connectivity index (χ4v) is 5.16. The van der Waals surface area contributed by atoms with Gasteiger partial charge in [-0.2, -0.15) is 0 Å². The Balaban J connectivity index is 2.00. The van der Waals surface area contributed by atoms with Crippen LogP contribution in [0.3, 0.4) is 0 Å². The summed E-state index contributed by atoms with van der Waals surface area (Å²) in [6, 6.07) is 19.7. The molecular weight excluding hydrogens is 493 g/mol. The number of anilines is 1. The van der Waals surface area contributed by atoms with E-state index in [1.165, 1.54) is 35.2 Å². The van der Waals surface area contributed by atoms with Gasteiger partial charge in [-0.25, -0.2) is 12.8 Å². The zero-order valence-electron chi connectivity index (χ0n) is 21.2. The first-order valence-corrected chi connectivity index (χ1v) is 13.5. The van der Waals surface area contributed by atoms with Crippen LogP contribution >= 0.6 is 0 Å². The van der Waals surface area contributed by atoms with Crippen molar-refractivity contribution < 1.29 is 22.4 Å². The maximum Gasteiger partial charge on any atom is 0.264 e. The predicted octanol–water partition coefficient (Wildman–Crippen LogP) is 4.27. The average Bonchev–Trinajstić information content (AvgIpc) is 2.90. The van der Waals surface area contributed by atoms with E-state index in [4.69, 9.17) is 0 Å². The van der Waals surface area contributed by atoms with E-state index in [1.54, 1.807) is 55.5 Å². The van der Waals surface area contributed by atoms with E-state index in [0.29, 0.717) is 18.7 Å². The molecule has 0 aliphatic carbocycles. The zero-order valence-corrected chi connectivity index (χ0v) is 22.0. The summed E-state index contributed by atoms with van der Waals surface area (Å²) >= 11 is 0. The van der Waals surface area contributed by atoms with Crippen molar-refractivity contribution in [2.24, 2.45) is 0 Å². The molecule has 196 valence electrons. The van der Waals surface area contributed by atoms with Crippen molar-refractivity contribution in [3.05, 3.63) is 95.8 Å². The van der Waals surface area contributed by atoms with Gasteiger partial charge in [-0.3, -0.25) is 13.9 Å². The summed E-state index contributed by atoms with van der Waals surface area (Å²) in [5.41, 5.74) is 1.41. The van der Waals surface area contributed by atoms with Crippen LogP contribution < -0.4 is 9.62 Å². The van der Waals surface area contributed by atoms with Gasteiger partial charge in [0.1, 0.15) is 18.4 Å². The van der Waals surface area contributed by atoms with Gasteiger partial charge < -0.3 is 10.2 Å². The van der Waals surface area contributed by atoms with E-state index in [0.717, 1.165) is 9.87 Å². The molecule has 1 atom stereocenters. The fourth-order valence-electron chi connectivity index (χ4n) is 3.75. The molecular formula is C28H32FN3O4S. The van der Waals surface area contributed by atoms with Crippen LogP contribution in [-0.2, 0) is 26.2 Å². The highest BCUT2D eigenvalue weighted by Gasteiger charge is 2.32. The Kier molecular flexibility index (Phi) is 9.41. The Hall–Kier alpha value is -3.72. The van der Waals surface area contributed by atoms with Gasteiger partial charge in [0.25, 0.3) is 10.0 Å². The van der Waals surface area contributed by atoms with Crippen LogP contribution in [0.15, 0.2) is 83.8 Å². The summed E-state index contributed by atoms with van der Waals surface area (Å²) in [6.07, 6.45) is 0.705. The molecule has 1 unspecified atom stereocenters. The molecule has 0 saturated heterocycles. The number of hydrogen-bond donors (Lipinski definition) is 1. The summed E-state index contributed by atoms with van der Waals surface area (Å²) < 4.78 is 42.9. The van der Waals surface area contributed by atoms with E-state index in [-0.39, 0.29) is 17.0 Å². The minimum atomic E-state index is -4.13. The zero-order chi connectivity index (χ0) is 27.0. The summed E-state index contributed by atoms with van der Waals surface area (Å²) in [6.45, 7) is 4.95. The van der Waals surface area contributed by atoms with Crippen molar-refractivity contribution in [3.63, 3.8) is 0 Å². The van der Waals surface area contributed by atoms with Gasteiger partial charge in [0.15, 0.2) is 0 Å². The van der Waals surface area contributed by atoms with Crippen molar-refractivity contribution in [3.8, 4) is 0 Å². The van der Waals surface area contributed by atoms with Crippen LogP contribution in [0.1, 0.15) is 31.4 Å².